The third-order valence-corrected chi connectivity index (χ3v) is 4.63. The van der Waals surface area contributed by atoms with Gasteiger partial charge in [-0.15, -0.1) is 0 Å². The average Bonchev–Trinajstić information content (AvgIpc) is 2.50. The van der Waals surface area contributed by atoms with Gasteiger partial charge in [0, 0.05) is 6.42 Å². The van der Waals surface area contributed by atoms with Gasteiger partial charge in [-0.1, -0.05) is 26.0 Å². The van der Waals surface area contributed by atoms with Crippen LogP contribution in [0.15, 0.2) is 24.3 Å². The van der Waals surface area contributed by atoms with E-state index in [9.17, 15) is 30.5 Å². The van der Waals surface area contributed by atoms with Crippen molar-refractivity contribution in [3.8, 4) is 5.75 Å². The van der Waals surface area contributed by atoms with Crippen LogP contribution in [0.2, 0.25) is 0 Å². The number of rotatable bonds is 9. The Labute approximate surface area is 138 Å². The summed E-state index contributed by atoms with van der Waals surface area (Å²) in [4.78, 5) is 0. The predicted octanol–water partition coefficient (Wildman–Crippen LogP) is 4.13. The van der Waals surface area contributed by atoms with E-state index in [4.69, 9.17) is 4.74 Å². The lowest BCUT2D eigenvalue weighted by atomic mass is 9.99. The van der Waals surface area contributed by atoms with Crippen molar-refractivity contribution in [1.82, 2.24) is 0 Å². The molecule has 24 heavy (non-hydrogen) atoms. The normalized spacial score (nSPS) is 14.5. The zero-order valence-electron chi connectivity index (χ0n) is 13.3. The molecule has 1 rings (SSSR count). The first-order valence-electron chi connectivity index (χ1n) is 7.36. The molecule has 0 heterocycles. The molecule has 0 aliphatic carbocycles. The van der Waals surface area contributed by atoms with Crippen LogP contribution in [0.4, 0.5) is 17.6 Å². The molecule has 0 fully saturated rings. The van der Waals surface area contributed by atoms with E-state index in [1.807, 2.05) is 26.0 Å². The minimum absolute atomic E-state index is 0.312. The highest BCUT2D eigenvalue weighted by atomic mass is 32.2. The first-order chi connectivity index (χ1) is 10.9. The number of hydrogen-bond acceptors (Lipinski definition) is 4. The molecule has 138 valence electrons. The quantitative estimate of drug-likeness (QED) is 0.372. The van der Waals surface area contributed by atoms with Crippen molar-refractivity contribution in [3.63, 3.8) is 0 Å². The summed E-state index contributed by atoms with van der Waals surface area (Å²) in [5, 5.41) is -5.64. The molecule has 1 atom stereocenters. The molecular formula is C15H19F4O4S-. The fourth-order valence-corrected chi connectivity index (χ4v) is 2.41. The third-order valence-electron chi connectivity index (χ3n) is 3.71. The van der Waals surface area contributed by atoms with Crippen LogP contribution in [0.1, 0.15) is 44.6 Å². The van der Waals surface area contributed by atoms with E-state index in [1.165, 1.54) is 0 Å². The second-order valence-electron chi connectivity index (χ2n) is 5.51. The maximum Gasteiger partial charge on any atom is 0.396 e. The minimum Gasteiger partial charge on any atom is -0.743 e. The molecule has 0 bridgehead atoms. The Balaban J connectivity index is 2.54. The summed E-state index contributed by atoms with van der Waals surface area (Å²) in [6.07, 6.45) is -1.07. The molecule has 1 aromatic carbocycles. The van der Waals surface area contributed by atoms with Crippen molar-refractivity contribution in [2.75, 3.05) is 6.61 Å². The second kappa shape index (κ2) is 7.69. The van der Waals surface area contributed by atoms with Crippen LogP contribution in [-0.4, -0.2) is 30.8 Å². The van der Waals surface area contributed by atoms with Crippen LogP contribution >= 0.6 is 0 Å². The Morgan fingerprint density at radius 2 is 1.71 bits per heavy atom. The summed E-state index contributed by atoms with van der Waals surface area (Å²) < 4.78 is 88.2. The van der Waals surface area contributed by atoms with Gasteiger partial charge in [0.1, 0.15) is 5.75 Å². The van der Waals surface area contributed by atoms with E-state index in [-0.39, 0.29) is 6.61 Å². The van der Waals surface area contributed by atoms with Crippen LogP contribution in [0, 0.1) is 0 Å². The van der Waals surface area contributed by atoms with Gasteiger partial charge in [0.15, 0.2) is 10.1 Å². The lowest BCUT2D eigenvalue weighted by Gasteiger charge is -2.28. The van der Waals surface area contributed by atoms with Gasteiger partial charge in [-0.3, -0.25) is 0 Å². The van der Waals surface area contributed by atoms with E-state index >= 15 is 0 Å². The summed E-state index contributed by atoms with van der Waals surface area (Å²) in [6, 6.07) is 6.90. The standard InChI is InChI=1S/C15H20F4O4S/c1-3-11(2)12-5-7-13(8-6-12)23-10-4-9-14(16,17)15(18,19)24(20,21)22/h5-8,11H,3-4,9-10H2,1-2H3,(H,20,21,22)/p-1. The molecule has 0 aliphatic rings. The maximum atomic E-state index is 13.2. The number of benzene rings is 1. The van der Waals surface area contributed by atoms with Gasteiger partial charge >= 0.3 is 11.2 Å². The van der Waals surface area contributed by atoms with Crippen molar-refractivity contribution >= 4 is 10.1 Å². The van der Waals surface area contributed by atoms with E-state index in [0.717, 1.165) is 12.0 Å². The molecule has 1 aromatic rings. The molecule has 0 N–H and O–H groups in total. The third kappa shape index (κ3) is 4.83. The van der Waals surface area contributed by atoms with E-state index < -0.39 is 34.1 Å². The number of ether oxygens (including phenoxy) is 1. The average molecular weight is 371 g/mol. The molecule has 0 radical (unpaired) electrons. The van der Waals surface area contributed by atoms with Crippen LogP contribution in [0.25, 0.3) is 0 Å². The molecule has 0 aromatic heterocycles. The molecule has 9 heteroatoms. The zero-order chi connectivity index (χ0) is 18.6. The minimum atomic E-state index is -6.44. The second-order valence-corrected chi connectivity index (χ2v) is 6.93. The molecule has 1 unspecified atom stereocenters. The van der Waals surface area contributed by atoms with Crippen LogP contribution < -0.4 is 4.74 Å². The van der Waals surface area contributed by atoms with Crippen molar-refractivity contribution in [2.24, 2.45) is 0 Å². The van der Waals surface area contributed by atoms with E-state index in [0.29, 0.717) is 11.7 Å². The van der Waals surface area contributed by atoms with Crippen LogP contribution in [0.3, 0.4) is 0 Å². The summed E-state index contributed by atoms with van der Waals surface area (Å²) in [6.45, 7) is 3.77. The first-order valence-corrected chi connectivity index (χ1v) is 8.77. The zero-order valence-corrected chi connectivity index (χ0v) is 14.1. The van der Waals surface area contributed by atoms with Crippen molar-refractivity contribution < 1.29 is 35.3 Å². The van der Waals surface area contributed by atoms with Crippen molar-refractivity contribution in [3.05, 3.63) is 29.8 Å². The number of alkyl halides is 4. The fraction of sp³-hybridized carbons (Fsp3) is 0.600. The highest BCUT2D eigenvalue weighted by Gasteiger charge is 2.60. The van der Waals surface area contributed by atoms with Gasteiger partial charge in [-0.05, 0) is 36.5 Å². The Morgan fingerprint density at radius 3 is 2.17 bits per heavy atom. The predicted molar refractivity (Wildman–Crippen MR) is 79.5 cm³/mol. The van der Waals surface area contributed by atoms with Gasteiger partial charge in [0.2, 0.25) is 0 Å². The Hall–Kier alpha value is -1.35. The lowest BCUT2D eigenvalue weighted by Crippen LogP contribution is -2.46. The molecule has 0 amide bonds. The van der Waals surface area contributed by atoms with Gasteiger partial charge < -0.3 is 9.29 Å². The molecule has 4 nitrogen and oxygen atoms in total. The summed E-state index contributed by atoms with van der Waals surface area (Å²) in [5.41, 5.74) is 1.08. The van der Waals surface area contributed by atoms with Crippen molar-refractivity contribution in [2.45, 2.75) is 50.2 Å². The summed E-state index contributed by atoms with van der Waals surface area (Å²) in [7, 11) is -6.44. The van der Waals surface area contributed by atoms with Crippen molar-refractivity contribution in [1.29, 1.82) is 0 Å². The monoisotopic (exact) mass is 371 g/mol. The van der Waals surface area contributed by atoms with E-state index in [2.05, 4.69) is 0 Å². The SMILES string of the molecule is CCC(C)c1ccc(OCCCC(F)(F)C(F)(F)S(=O)(=O)[O-])cc1. The molecular weight excluding hydrogens is 352 g/mol. The largest absolute Gasteiger partial charge is 0.743 e. The summed E-state index contributed by atoms with van der Waals surface area (Å²) in [5.74, 6) is -4.21. The summed E-state index contributed by atoms with van der Waals surface area (Å²) >= 11 is 0. The van der Waals surface area contributed by atoms with Gasteiger partial charge in [0.05, 0.1) is 6.61 Å². The van der Waals surface area contributed by atoms with Gasteiger partial charge in [-0.2, -0.15) is 17.6 Å². The van der Waals surface area contributed by atoms with Gasteiger partial charge in [0.25, 0.3) is 0 Å². The fourth-order valence-electron chi connectivity index (χ4n) is 1.94. The Morgan fingerprint density at radius 1 is 1.17 bits per heavy atom. The maximum absolute atomic E-state index is 13.2. The van der Waals surface area contributed by atoms with E-state index in [1.54, 1.807) is 12.1 Å². The highest BCUT2D eigenvalue weighted by Crippen LogP contribution is 2.41. The molecule has 0 saturated carbocycles. The lowest BCUT2D eigenvalue weighted by molar-refractivity contribution is -0.165. The van der Waals surface area contributed by atoms with Gasteiger partial charge in [-0.25, -0.2) is 8.42 Å². The highest BCUT2D eigenvalue weighted by molar-refractivity contribution is 7.86. The number of hydrogen-bond donors (Lipinski definition) is 0. The van der Waals surface area contributed by atoms with Crippen LogP contribution in [-0.2, 0) is 10.1 Å². The topological polar surface area (TPSA) is 66.4 Å². The Kier molecular flexibility index (Phi) is 6.63. The smallest absolute Gasteiger partial charge is 0.396 e. The molecule has 0 spiro atoms. The molecule has 0 saturated heterocycles. The molecule has 0 aliphatic heterocycles. The van der Waals surface area contributed by atoms with Crippen LogP contribution in [0.5, 0.6) is 5.75 Å². The first kappa shape index (κ1) is 20.7. The Bertz CT molecular complexity index is 629. The number of halogens is 4.